The first kappa shape index (κ1) is 12.2. The molecule has 0 aromatic rings. The molecular weight excluding hydrogens is 190 g/mol. The van der Waals surface area contributed by atoms with Crippen molar-refractivity contribution in [1.29, 1.82) is 0 Å². The Kier molecular flexibility index (Phi) is 4.29. The van der Waals surface area contributed by atoms with Gasteiger partial charge in [-0.05, 0) is 27.2 Å². The van der Waals surface area contributed by atoms with Crippen molar-refractivity contribution < 1.29 is 4.79 Å². The van der Waals surface area contributed by atoms with E-state index < -0.39 is 0 Å². The molecule has 0 aliphatic carbocycles. The lowest BCUT2D eigenvalue weighted by atomic mass is 10.1. The molecule has 0 aromatic heterocycles. The van der Waals surface area contributed by atoms with E-state index in [4.69, 9.17) is 0 Å². The smallest absolute Gasteiger partial charge is 0.246 e. The standard InChI is InChI=1S/C11H21N3O/c1-5-11(15)14-7-6-13(4)10(9-14)8-12(2)3/h5,10H,1,6-9H2,2-4H3. The Labute approximate surface area is 92.1 Å². The first-order valence-electron chi connectivity index (χ1n) is 5.31. The summed E-state index contributed by atoms with van der Waals surface area (Å²) in [5.74, 6) is 0.0480. The maximum absolute atomic E-state index is 11.5. The normalized spacial score (nSPS) is 23.2. The van der Waals surface area contributed by atoms with Crippen LogP contribution in [-0.4, -0.2) is 74.0 Å². The molecule has 0 aromatic carbocycles. The lowest BCUT2D eigenvalue weighted by Crippen LogP contribution is -2.55. The number of amides is 1. The number of rotatable bonds is 3. The molecule has 1 rings (SSSR count). The summed E-state index contributed by atoms with van der Waals surface area (Å²) in [4.78, 5) is 17.8. The first-order chi connectivity index (χ1) is 7.04. The molecule has 1 unspecified atom stereocenters. The lowest BCUT2D eigenvalue weighted by molar-refractivity contribution is -0.128. The minimum absolute atomic E-state index is 0.0480. The number of carbonyl (C=O) groups excluding carboxylic acids is 1. The minimum atomic E-state index is 0.0480. The second-order valence-corrected chi connectivity index (χ2v) is 4.39. The number of piperazine rings is 1. The third-order valence-electron chi connectivity index (χ3n) is 2.84. The van der Waals surface area contributed by atoms with E-state index in [9.17, 15) is 4.79 Å². The van der Waals surface area contributed by atoms with Gasteiger partial charge in [0.15, 0.2) is 0 Å². The van der Waals surface area contributed by atoms with Gasteiger partial charge < -0.3 is 9.80 Å². The SMILES string of the molecule is C=CC(=O)N1CCN(C)C(CN(C)C)C1. The molecule has 1 fully saturated rings. The number of likely N-dealkylation sites (N-methyl/N-ethyl adjacent to an activating group) is 2. The second-order valence-electron chi connectivity index (χ2n) is 4.39. The first-order valence-corrected chi connectivity index (χ1v) is 5.31. The van der Waals surface area contributed by atoms with E-state index in [1.54, 1.807) is 0 Å². The highest BCUT2D eigenvalue weighted by Gasteiger charge is 2.26. The fourth-order valence-corrected chi connectivity index (χ4v) is 1.89. The molecule has 0 bridgehead atoms. The van der Waals surface area contributed by atoms with Gasteiger partial charge in [-0.25, -0.2) is 0 Å². The van der Waals surface area contributed by atoms with E-state index in [1.165, 1.54) is 6.08 Å². The van der Waals surface area contributed by atoms with Gasteiger partial charge in [0.25, 0.3) is 0 Å². The van der Waals surface area contributed by atoms with Gasteiger partial charge in [0, 0.05) is 32.2 Å². The van der Waals surface area contributed by atoms with Gasteiger partial charge in [-0.15, -0.1) is 0 Å². The maximum Gasteiger partial charge on any atom is 0.246 e. The van der Waals surface area contributed by atoms with E-state index in [2.05, 4.69) is 37.5 Å². The number of nitrogens with zero attached hydrogens (tertiary/aromatic N) is 3. The second kappa shape index (κ2) is 5.28. The molecular formula is C11H21N3O. The van der Waals surface area contributed by atoms with Crippen LogP contribution in [0.1, 0.15) is 0 Å². The summed E-state index contributed by atoms with van der Waals surface area (Å²) in [6.45, 7) is 7.07. The molecule has 0 spiro atoms. The quantitative estimate of drug-likeness (QED) is 0.609. The van der Waals surface area contributed by atoms with Gasteiger partial charge in [-0.2, -0.15) is 0 Å². The molecule has 1 aliphatic heterocycles. The van der Waals surface area contributed by atoms with Crippen LogP contribution in [0.5, 0.6) is 0 Å². The highest BCUT2D eigenvalue weighted by Crippen LogP contribution is 2.08. The third kappa shape index (κ3) is 3.32. The Bertz CT molecular complexity index is 240. The Morgan fingerprint density at radius 2 is 2.20 bits per heavy atom. The number of carbonyl (C=O) groups is 1. The van der Waals surface area contributed by atoms with Crippen LogP contribution in [0.2, 0.25) is 0 Å². The van der Waals surface area contributed by atoms with Crippen LogP contribution in [0, 0.1) is 0 Å². The van der Waals surface area contributed by atoms with Gasteiger partial charge in [0.2, 0.25) is 5.91 Å². The average molecular weight is 211 g/mol. The highest BCUT2D eigenvalue weighted by molar-refractivity contribution is 5.87. The summed E-state index contributed by atoms with van der Waals surface area (Å²) in [7, 11) is 6.23. The van der Waals surface area contributed by atoms with Crippen LogP contribution in [0.25, 0.3) is 0 Å². The molecule has 1 aliphatic rings. The van der Waals surface area contributed by atoms with E-state index in [-0.39, 0.29) is 5.91 Å². The predicted octanol–water partition coefficient (Wildman–Crippen LogP) is -0.123. The van der Waals surface area contributed by atoms with Gasteiger partial charge in [0.05, 0.1) is 0 Å². The summed E-state index contributed by atoms with van der Waals surface area (Å²) in [5, 5.41) is 0. The summed E-state index contributed by atoms with van der Waals surface area (Å²) in [6.07, 6.45) is 1.40. The van der Waals surface area contributed by atoms with E-state index in [1.807, 2.05) is 4.90 Å². The Balaban J connectivity index is 2.55. The maximum atomic E-state index is 11.5. The molecule has 15 heavy (non-hydrogen) atoms. The average Bonchev–Trinajstić information content (AvgIpc) is 2.19. The molecule has 86 valence electrons. The van der Waals surface area contributed by atoms with Crippen molar-refractivity contribution in [3.8, 4) is 0 Å². The molecule has 0 radical (unpaired) electrons. The fraction of sp³-hybridized carbons (Fsp3) is 0.727. The van der Waals surface area contributed by atoms with E-state index in [0.29, 0.717) is 6.04 Å². The van der Waals surface area contributed by atoms with Crippen molar-refractivity contribution in [2.24, 2.45) is 0 Å². The fourth-order valence-electron chi connectivity index (χ4n) is 1.89. The van der Waals surface area contributed by atoms with Crippen LogP contribution < -0.4 is 0 Å². The molecule has 0 N–H and O–H groups in total. The largest absolute Gasteiger partial charge is 0.336 e. The van der Waals surface area contributed by atoms with Gasteiger partial charge in [-0.1, -0.05) is 6.58 Å². The van der Waals surface area contributed by atoms with E-state index in [0.717, 1.165) is 26.2 Å². The predicted molar refractivity (Wildman–Crippen MR) is 61.7 cm³/mol. The van der Waals surface area contributed by atoms with Crippen LogP contribution in [0.15, 0.2) is 12.7 Å². The molecule has 1 amide bonds. The van der Waals surface area contributed by atoms with Crippen molar-refractivity contribution >= 4 is 5.91 Å². The van der Waals surface area contributed by atoms with Crippen LogP contribution in [0.3, 0.4) is 0 Å². The van der Waals surface area contributed by atoms with Gasteiger partial charge >= 0.3 is 0 Å². The van der Waals surface area contributed by atoms with Gasteiger partial charge in [0.1, 0.15) is 0 Å². The van der Waals surface area contributed by atoms with Crippen molar-refractivity contribution in [2.45, 2.75) is 6.04 Å². The zero-order valence-corrected chi connectivity index (χ0v) is 9.94. The molecule has 0 saturated carbocycles. The third-order valence-corrected chi connectivity index (χ3v) is 2.84. The van der Waals surface area contributed by atoms with Crippen molar-refractivity contribution in [3.63, 3.8) is 0 Å². The van der Waals surface area contributed by atoms with Crippen molar-refractivity contribution in [3.05, 3.63) is 12.7 Å². The topological polar surface area (TPSA) is 26.8 Å². The Morgan fingerprint density at radius 1 is 1.53 bits per heavy atom. The van der Waals surface area contributed by atoms with Crippen LogP contribution in [-0.2, 0) is 4.79 Å². The number of hydrogen-bond donors (Lipinski definition) is 0. The molecule has 1 atom stereocenters. The number of hydrogen-bond acceptors (Lipinski definition) is 3. The molecule has 4 nitrogen and oxygen atoms in total. The molecule has 1 heterocycles. The highest BCUT2D eigenvalue weighted by atomic mass is 16.2. The summed E-state index contributed by atoms with van der Waals surface area (Å²) >= 11 is 0. The molecule has 4 heteroatoms. The monoisotopic (exact) mass is 211 g/mol. The Morgan fingerprint density at radius 3 is 2.73 bits per heavy atom. The zero-order valence-electron chi connectivity index (χ0n) is 9.94. The zero-order chi connectivity index (χ0) is 11.4. The van der Waals surface area contributed by atoms with Gasteiger partial charge in [-0.3, -0.25) is 9.69 Å². The van der Waals surface area contributed by atoms with Crippen LogP contribution in [0.4, 0.5) is 0 Å². The minimum Gasteiger partial charge on any atom is -0.336 e. The summed E-state index contributed by atoms with van der Waals surface area (Å²) in [6, 6.07) is 0.428. The van der Waals surface area contributed by atoms with E-state index >= 15 is 0 Å². The van der Waals surface area contributed by atoms with Crippen molar-refractivity contribution in [2.75, 3.05) is 47.3 Å². The summed E-state index contributed by atoms with van der Waals surface area (Å²) in [5.41, 5.74) is 0. The summed E-state index contributed by atoms with van der Waals surface area (Å²) < 4.78 is 0. The lowest BCUT2D eigenvalue weighted by Gasteiger charge is -2.40. The van der Waals surface area contributed by atoms with Crippen molar-refractivity contribution in [1.82, 2.24) is 14.7 Å². The Hall–Kier alpha value is -0.870. The molecule has 1 saturated heterocycles. The van der Waals surface area contributed by atoms with Crippen LogP contribution >= 0.6 is 0 Å².